The van der Waals surface area contributed by atoms with E-state index in [9.17, 15) is 4.79 Å². The maximum absolute atomic E-state index is 13.0. The first-order valence-corrected chi connectivity index (χ1v) is 11.7. The molecule has 2 N–H and O–H groups in total. The Bertz CT molecular complexity index is 1120. The van der Waals surface area contributed by atoms with Gasteiger partial charge in [-0.1, -0.05) is 6.07 Å². The minimum atomic E-state index is -0.119. The summed E-state index contributed by atoms with van der Waals surface area (Å²) in [5.74, 6) is 1.75. The fourth-order valence-corrected chi connectivity index (χ4v) is 5.15. The topological polar surface area (TPSA) is 72.1 Å². The molecule has 0 saturated carbocycles. The fourth-order valence-electron chi connectivity index (χ4n) is 4.83. The Kier molecular flexibility index (Phi) is 6.93. The van der Waals surface area contributed by atoms with Gasteiger partial charge in [0.15, 0.2) is 16.6 Å². The van der Waals surface area contributed by atoms with Crippen molar-refractivity contribution in [3.8, 4) is 28.4 Å². The molecular formula is C25H31N3O4S. The highest BCUT2D eigenvalue weighted by atomic mass is 32.1. The van der Waals surface area contributed by atoms with Crippen LogP contribution in [-0.4, -0.2) is 51.5 Å². The third kappa shape index (κ3) is 4.31. The number of hydrogen-bond donors (Lipinski definition) is 2. The van der Waals surface area contributed by atoms with E-state index in [1.165, 1.54) is 0 Å². The third-order valence-corrected chi connectivity index (χ3v) is 6.87. The van der Waals surface area contributed by atoms with Gasteiger partial charge in [0, 0.05) is 25.7 Å². The van der Waals surface area contributed by atoms with Gasteiger partial charge in [-0.15, -0.1) is 0 Å². The van der Waals surface area contributed by atoms with Crippen LogP contribution < -0.4 is 30.3 Å². The molecule has 1 aliphatic carbocycles. The van der Waals surface area contributed by atoms with Crippen LogP contribution >= 0.6 is 12.2 Å². The summed E-state index contributed by atoms with van der Waals surface area (Å²) in [6.45, 7) is 1.93. The summed E-state index contributed by atoms with van der Waals surface area (Å²) >= 11 is 5.75. The van der Waals surface area contributed by atoms with Crippen molar-refractivity contribution in [2.45, 2.75) is 31.7 Å². The van der Waals surface area contributed by atoms with Crippen molar-refractivity contribution in [2.24, 2.45) is 0 Å². The molecule has 1 heterocycles. The van der Waals surface area contributed by atoms with E-state index in [0.29, 0.717) is 22.9 Å². The van der Waals surface area contributed by atoms with Crippen LogP contribution in [0.15, 0.2) is 29.1 Å². The predicted molar refractivity (Wildman–Crippen MR) is 135 cm³/mol. The summed E-state index contributed by atoms with van der Waals surface area (Å²) in [6.07, 6.45) is 3.83. The number of nitrogens with one attached hydrogen (secondary N) is 2. The normalized spacial score (nSPS) is 16.8. The number of anilines is 1. The lowest BCUT2D eigenvalue weighted by Gasteiger charge is -2.26. The maximum atomic E-state index is 13.0. The van der Waals surface area contributed by atoms with Crippen molar-refractivity contribution >= 4 is 23.0 Å². The number of fused-ring (bicyclic) bond motifs is 3. The van der Waals surface area contributed by atoms with Crippen molar-refractivity contribution in [1.29, 1.82) is 0 Å². The Hall–Kier alpha value is -3.00. The molecule has 2 aromatic carbocycles. The zero-order chi connectivity index (χ0) is 23.5. The molecule has 1 aliphatic heterocycles. The standard InChI is InChI=1S/C25H31N3O4S/c1-26-19-10-8-16-17(14-20(19)29)18(27-25(33)28-11-5-6-12-28)9-7-15-13-21(30-2)23(31-3)24(32-4)22(15)16/h8,10,13-14,18H,5-7,9,11-12H2,1-4H3,(H,26,29)(H,27,33)/t18-/m0/s1. The largest absolute Gasteiger partial charge is 0.493 e. The van der Waals surface area contributed by atoms with Gasteiger partial charge in [-0.2, -0.15) is 0 Å². The van der Waals surface area contributed by atoms with Crippen molar-refractivity contribution in [1.82, 2.24) is 10.2 Å². The van der Waals surface area contributed by atoms with E-state index in [-0.39, 0.29) is 11.5 Å². The summed E-state index contributed by atoms with van der Waals surface area (Å²) in [4.78, 5) is 15.2. The van der Waals surface area contributed by atoms with Crippen molar-refractivity contribution in [3.63, 3.8) is 0 Å². The Morgan fingerprint density at radius 1 is 1.06 bits per heavy atom. The average molecular weight is 470 g/mol. The van der Waals surface area contributed by atoms with Crippen molar-refractivity contribution < 1.29 is 14.2 Å². The molecule has 0 spiro atoms. The molecule has 33 heavy (non-hydrogen) atoms. The molecule has 0 unspecified atom stereocenters. The van der Waals surface area contributed by atoms with Gasteiger partial charge in [-0.25, -0.2) is 0 Å². The first kappa shape index (κ1) is 23.2. The van der Waals surface area contributed by atoms with E-state index >= 15 is 0 Å². The average Bonchev–Trinajstić information content (AvgIpc) is 3.27. The number of likely N-dealkylation sites (tertiary alicyclic amines) is 1. The van der Waals surface area contributed by atoms with Crippen LogP contribution in [0.25, 0.3) is 11.1 Å². The molecular weight excluding hydrogens is 438 g/mol. The Labute approximate surface area is 200 Å². The van der Waals surface area contributed by atoms with Gasteiger partial charge in [0.25, 0.3) is 0 Å². The molecule has 1 atom stereocenters. The maximum Gasteiger partial charge on any atom is 0.203 e. The predicted octanol–water partition coefficient (Wildman–Crippen LogP) is 3.74. The van der Waals surface area contributed by atoms with Crippen LogP contribution in [0.2, 0.25) is 0 Å². The summed E-state index contributed by atoms with van der Waals surface area (Å²) in [5, 5.41) is 7.30. The molecule has 176 valence electrons. The molecule has 2 aliphatic rings. The first-order valence-electron chi connectivity index (χ1n) is 11.3. The highest BCUT2D eigenvalue weighted by molar-refractivity contribution is 7.80. The molecule has 0 bridgehead atoms. The van der Waals surface area contributed by atoms with Gasteiger partial charge in [0.05, 0.1) is 33.1 Å². The summed E-state index contributed by atoms with van der Waals surface area (Å²) in [7, 11) is 6.60. The number of rotatable bonds is 5. The number of methoxy groups -OCH3 is 3. The monoisotopic (exact) mass is 469 g/mol. The van der Waals surface area contributed by atoms with E-state index in [4.69, 9.17) is 26.4 Å². The minimum Gasteiger partial charge on any atom is -0.493 e. The second-order valence-electron chi connectivity index (χ2n) is 8.29. The zero-order valence-electron chi connectivity index (χ0n) is 19.6. The Morgan fingerprint density at radius 2 is 1.79 bits per heavy atom. The molecule has 8 heteroatoms. The Morgan fingerprint density at radius 3 is 2.42 bits per heavy atom. The molecule has 0 radical (unpaired) electrons. The van der Waals surface area contributed by atoms with Gasteiger partial charge < -0.3 is 29.7 Å². The second kappa shape index (κ2) is 9.87. The molecule has 2 aromatic rings. The van der Waals surface area contributed by atoms with Crippen molar-refractivity contribution in [3.05, 3.63) is 45.6 Å². The van der Waals surface area contributed by atoms with Gasteiger partial charge in [-0.3, -0.25) is 4.79 Å². The van der Waals surface area contributed by atoms with Gasteiger partial charge >= 0.3 is 0 Å². The van der Waals surface area contributed by atoms with Crippen LogP contribution in [0, 0.1) is 0 Å². The lowest BCUT2D eigenvalue weighted by atomic mass is 9.95. The lowest BCUT2D eigenvalue weighted by Crippen LogP contribution is -2.40. The first-order chi connectivity index (χ1) is 16.0. The van der Waals surface area contributed by atoms with Crippen LogP contribution in [0.5, 0.6) is 17.2 Å². The number of ether oxygens (including phenoxy) is 3. The van der Waals surface area contributed by atoms with E-state index in [2.05, 4.69) is 15.5 Å². The number of aryl methyl sites for hydroxylation is 1. The summed E-state index contributed by atoms with van der Waals surface area (Å²) in [5.41, 5.74) is 4.27. The molecule has 7 nitrogen and oxygen atoms in total. The highest BCUT2D eigenvalue weighted by Crippen LogP contribution is 2.50. The lowest BCUT2D eigenvalue weighted by molar-refractivity contribution is 0.324. The quantitative estimate of drug-likeness (QED) is 0.642. The van der Waals surface area contributed by atoms with Gasteiger partial charge in [0.2, 0.25) is 11.2 Å². The molecule has 0 amide bonds. The SMILES string of the molecule is CNc1ccc2c(cc1=O)[C@@H](NC(=S)N1CCCC1)CCc1cc(OC)c(OC)c(OC)c1-2. The van der Waals surface area contributed by atoms with Gasteiger partial charge in [-0.05, 0) is 72.8 Å². The zero-order valence-corrected chi connectivity index (χ0v) is 20.4. The molecule has 1 saturated heterocycles. The van der Waals surface area contributed by atoms with E-state index in [0.717, 1.165) is 66.1 Å². The number of benzene rings is 1. The van der Waals surface area contributed by atoms with E-state index in [1.807, 2.05) is 18.2 Å². The number of hydrogen-bond acceptors (Lipinski definition) is 6. The van der Waals surface area contributed by atoms with Crippen molar-refractivity contribution in [2.75, 3.05) is 46.8 Å². The van der Waals surface area contributed by atoms with Crippen LogP contribution in [0.3, 0.4) is 0 Å². The summed E-state index contributed by atoms with van der Waals surface area (Å²) in [6, 6.07) is 7.41. The highest BCUT2D eigenvalue weighted by Gasteiger charge is 2.30. The molecule has 1 fully saturated rings. The fraction of sp³-hybridized carbons (Fsp3) is 0.440. The number of nitrogens with zero attached hydrogens (tertiary/aromatic N) is 1. The summed E-state index contributed by atoms with van der Waals surface area (Å²) < 4.78 is 17.1. The van der Waals surface area contributed by atoms with E-state index in [1.54, 1.807) is 34.4 Å². The smallest absolute Gasteiger partial charge is 0.203 e. The van der Waals surface area contributed by atoms with Crippen LogP contribution in [0.4, 0.5) is 5.69 Å². The third-order valence-electron chi connectivity index (χ3n) is 6.50. The van der Waals surface area contributed by atoms with Crippen LogP contribution in [-0.2, 0) is 6.42 Å². The second-order valence-corrected chi connectivity index (χ2v) is 8.68. The molecule has 4 rings (SSSR count). The minimum absolute atomic E-state index is 0.0689. The van der Waals surface area contributed by atoms with E-state index < -0.39 is 0 Å². The van der Waals surface area contributed by atoms with Crippen LogP contribution in [0.1, 0.15) is 36.4 Å². The Balaban J connectivity index is 1.93. The number of thiocarbonyl (C=S) groups is 1. The molecule has 0 aromatic heterocycles. The van der Waals surface area contributed by atoms with Gasteiger partial charge in [0.1, 0.15) is 0 Å².